The number of hydrogen-bond donors (Lipinski definition) is 11. The number of phenols is 1. The first-order valence-electron chi connectivity index (χ1n) is 32.9. The molecule has 2 fully saturated rings. The number of aliphatic hydroxyl groups is 1. The summed E-state index contributed by atoms with van der Waals surface area (Å²) in [5.41, 5.74) is 14.3. The van der Waals surface area contributed by atoms with E-state index in [9.17, 15) is 52.6 Å². The maximum atomic E-state index is 15.4. The number of nitrogens with two attached hydrogens (primary N) is 2. The molecule has 1 aliphatic carbocycles. The van der Waals surface area contributed by atoms with E-state index in [1.54, 1.807) is 24.4 Å². The molecule has 9 atom stereocenters. The molecule has 98 heavy (non-hydrogen) atoms. The number of thioether (sulfide) groups is 2. The van der Waals surface area contributed by atoms with Gasteiger partial charge in [-0.25, -0.2) is 13.2 Å². The van der Waals surface area contributed by atoms with Crippen LogP contribution in [0.4, 0.5) is 13.2 Å². The van der Waals surface area contributed by atoms with Crippen molar-refractivity contribution in [3.63, 3.8) is 0 Å². The van der Waals surface area contributed by atoms with Crippen LogP contribution in [0.3, 0.4) is 0 Å². The zero-order chi connectivity index (χ0) is 70.4. The second-order valence-electron chi connectivity index (χ2n) is 25.7. The Morgan fingerprint density at radius 1 is 0.745 bits per heavy atom. The van der Waals surface area contributed by atoms with Gasteiger partial charge >= 0.3 is 0 Å². The Morgan fingerprint density at radius 2 is 1.46 bits per heavy atom. The van der Waals surface area contributed by atoms with Gasteiger partial charge in [0.2, 0.25) is 53.2 Å². The number of aromatic nitrogens is 1. The summed E-state index contributed by atoms with van der Waals surface area (Å²) < 4.78 is 45.0. The number of unbranched alkanes of at least 4 members (excludes halogenated alkanes) is 1. The summed E-state index contributed by atoms with van der Waals surface area (Å²) in [6.07, 6.45) is 2.71. The fourth-order valence-electron chi connectivity index (χ4n) is 13.1. The SMILES string of the molecule is C[C@@H](O)[C@@H]1NC(=O)[C@@H]2CCCN2C(=O)[C@H](CC2=CCc3ccc(F)cc32)NC(=O)[C@H](Cc2c[nH]c3ccc(F)cc23)CC(=O)CNC(=O)[C@H](CCCCN)NC(=O)CCSCc2cc(F)cc(c2)CSC[C@@H](C(N)=O)NC(=O)[C@]2(C)CCCN2C(=O)[C@H](Cc2ccc(O)cc2)NC1=O. The molecule has 3 aliphatic heterocycles. The summed E-state index contributed by atoms with van der Waals surface area (Å²) in [4.78, 5) is 150. The Morgan fingerprint density at radius 3 is 2.19 bits per heavy atom. The first-order valence-corrected chi connectivity index (χ1v) is 35.2. The Hall–Kier alpha value is -8.73. The number of aliphatic hydroxyl groups excluding tert-OH is 1. The van der Waals surface area contributed by atoms with Crippen LogP contribution in [0.25, 0.3) is 16.5 Å². The molecule has 9 rings (SSSR count). The standard InChI is InChI=1S/C70H84F3N11O12S2/c1-39(85)61-66(93)80-56(28-40-9-16-50(86)17-10-40)68(95)84-23-6-20-70(84,2)69(96)81-58(62(75)89)38-98-37-42-25-41(26-49(73)27-42)36-97-24-19-60(88)78-55(7-3-4-21-74)64(91)77-35-51(87)30-45(29-46-34-76-54-18-15-48(72)33-53(46)54)63(90)79-57(67(94)83-22-5-8-59(83)65(92)82-61)31-44-12-11-43-13-14-47(71)32-52(43)44/h9-10,12-18,25-27,32-34,39,45,55-59,61,76,85-86H,3-8,11,19-24,28-31,35-38,74H2,1-2H3,(H2,75,89)(H,77,91)(H,78,88)(H,79,90)(H,80,93)(H,81,96)(H,82,92)/t39-,45-,55+,56+,57+,58+,59+,61+,70+/m1/s1. The van der Waals surface area contributed by atoms with Crippen LogP contribution >= 0.6 is 23.5 Å². The number of hydrogen-bond acceptors (Lipinski definition) is 15. The average Bonchev–Trinajstić information content (AvgIpc) is 1.57. The molecular weight excluding hydrogens is 1310 g/mol. The third-order valence-electron chi connectivity index (χ3n) is 18.4. The highest BCUT2D eigenvalue weighted by molar-refractivity contribution is 7.98. The molecule has 28 heteroatoms. The van der Waals surface area contributed by atoms with Crippen molar-refractivity contribution in [2.45, 2.75) is 157 Å². The quantitative estimate of drug-likeness (QED) is 0.0782. The molecule has 4 aliphatic rings. The van der Waals surface area contributed by atoms with Gasteiger partial charge in [-0.3, -0.25) is 47.9 Å². The van der Waals surface area contributed by atoms with Gasteiger partial charge in [0.1, 0.15) is 65.0 Å². The molecule has 2 bridgehead atoms. The molecule has 4 heterocycles. The Bertz CT molecular complexity index is 3840. The van der Waals surface area contributed by atoms with E-state index < -0.39 is 143 Å². The van der Waals surface area contributed by atoms with E-state index >= 15 is 18.8 Å². The lowest BCUT2D eigenvalue weighted by Crippen LogP contribution is -2.64. The Balaban J connectivity index is 1.03. The predicted octanol–water partition coefficient (Wildman–Crippen LogP) is 4.16. The van der Waals surface area contributed by atoms with Crippen LogP contribution in [-0.4, -0.2) is 170 Å². The summed E-state index contributed by atoms with van der Waals surface area (Å²) in [5.74, 6) is -10.0. The molecule has 23 nitrogen and oxygen atoms in total. The number of carbonyl (C=O) groups is 10. The molecule has 9 amide bonds. The highest BCUT2D eigenvalue weighted by Gasteiger charge is 2.49. The first kappa shape index (κ1) is 73.5. The lowest BCUT2D eigenvalue weighted by molar-refractivity contribution is -0.147. The summed E-state index contributed by atoms with van der Waals surface area (Å²) in [6.45, 7) is 2.44. The number of aromatic amines is 1. The van der Waals surface area contributed by atoms with E-state index in [1.165, 1.54) is 114 Å². The topological polar surface area (TPSA) is 358 Å². The van der Waals surface area contributed by atoms with Gasteiger partial charge in [-0.05, 0) is 172 Å². The van der Waals surface area contributed by atoms with Crippen LogP contribution in [0.15, 0.2) is 91.1 Å². The third-order valence-corrected chi connectivity index (χ3v) is 20.5. The fourth-order valence-corrected chi connectivity index (χ4v) is 14.9. The van der Waals surface area contributed by atoms with Crippen LogP contribution in [0.5, 0.6) is 5.75 Å². The number of phenolic OH excluding ortho intramolecular Hbond substituents is 1. The highest BCUT2D eigenvalue weighted by atomic mass is 32.2. The number of nitrogens with zero attached hydrogens (tertiary/aromatic N) is 2. The molecule has 0 radical (unpaired) electrons. The second kappa shape index (κ2) is 33.7. The molecule has 0 saturated carbocycles. The molecule has 0 spiro atoms. The van der Waals surface area contributed by atoms with E-state index in [2.05, 4.69) is 36.9 Å². The number of primary amides is 1. The number of carbonyl (C=O) groups excluding carboxylic acids is 10. The van der Waals surface area contributed by atoms with Gasteiger partial charge in [-0.1, -0.05) is 30.3 Å². The number of benzene rings is 4. The van der Waals surface area contributed by atoms with Crippen molar-refractivity contribution in [1.29, 1.82) is 0 Å². The maximum Gasteiger partial charge on any atom is 0.246 e. The van der Waals surface area contributed by atoms with E-state index in [1.807, 2.05) is 0 Å². The number of aromatic hydroxyl groups is 1. The second-order valence-corrected chi connectivity index (χ2v) is 27.8. The maximum absolute atomic E-state index is 15.4. The first-order chi connectivity index (χ1) is 46.9. The van der Waals surface area contributed by atoms with E-state index in [0.717, 1.165) is 5.56 Å². The minimum Gasteiger partial charge on any atom is -0.508 e. The predicted molar refractivity (Wildman–Crippen MR) is 363 cm³/mol. The summed E-state index contributed by atoms with van der Waals surface area (Å²) >= 11 is 2.52. The van der Waals surface area contributed by atoms with Gasteiger partial charge < -0.3 is 68.4 Å². The lowest BCUT2D eigenvalue weighted by Gasteiger charge is -2.37. The van der Waals surface area contributed by atoms with E-state index in [-0.39, 0.29) is 93.2 Å². The van der Waals surface area contributed by atoms with E-state index in [4.69, 9.17) is 11.5 Å². The number of nitrogens with one attached hydrogen (secondary N) is 7. The number of amides is 9. The van der Waals surface area contributed by atoms with Crippen molar-refractivity contribution in [2.75, 3.05) is 37.7 Å². The van der Waals surface area contributed by atoms with Crippen molar-refractivity contribution in [3.8, 4) is 5.75 Å². The van der Waals surface area contributed by atoms with Crippen molar-refractivity contribution in [3.05, 3.63) is 142 Å². The van der Waals surface area contributed by atoms with Crippen LogP contribution in [0.1, 0.15) is 111 Å². The molecule has 5 aromatic rings. The van der Waals surface area contributed by atoms with Crippen molar-refractivity contribution < 1.29 is 71.3 Å². The summed E-state index contributed by atoms with van der Waals surface area (Å²) in [6, 6.07) is 10.0. The minimum absolute atomic E-state index is 0.0248. The van der Waals surface area contributed by atoms with Gasteiger partial charge in [0, 0.05) is 84.8 Å². The molecule has 13 N–H and O–H groups in total. The number of ketones is 1. The van der Waals surface area contributed by atoms with Gasteiger partial charge in [-0.2, -0.15) is 23.5 Å². The van der Waals surface area contributed by atoms with Crippen molar-refractivity contribution in [2.24, 2.45) is 17.4 Å². The monoisotopic (exact) mass is 1390 g/mol. The molecule has 0 unspecified atom stereocenters. The summed E-state index contributed by atoms with van der Waals surface area (Å²) in [7, 11) is 0. The molecule has 524 valence electrons. The molecule has 4 aromatic carbocycles. The largest absolute Gasteiger partial charge is 0.508 e. The van der Waals surface area contributed by atoms with Gasteiger partial charge in [0.25, 0.3) is 0 Å². The number of H-pyrrole nitrogens is 1. The molecule has 1 aromatic heterocycles. The summed E-state index contributed by atoms with van der Waals surface area (Å²) in [5, 5.41) is 38.1. The normalized spacial score (nSPS) is 24.6. The van der Waals surface area contributed by atoms with Crippen LogP contribution in [0.2, 0.25) is 0 Å². The van der Waals surface area contributed by atoms with Crippen LogP contribution < -0.4 is 43.4 Å². The Labute approximate surface area is 573 Å². The fraction of sp³-hybridized carbons (Fsp3) is 0.457. The number of rotatable bonds is 12. The number of allylic oxidation sites excluding steroid dienone is 1. The van der Waals surface area contributed by atoms with Crippen LogP contribution in [0, 0.1) is 23.4 Å². The number of halogens is 3. The molecular formula is C70H84F3N11O12S2. The van der Waals surface area contributed by atoms with Gasteiger partial charge in [-0.15, -0.1) is 0 Å². The minimum atomic E-state index is -1.77. The zero-order valence-electron chi connectivity index (χ0n) is 54.6. The lowest BCUT2D eigenvalue weighted by atomic mass is 9.91. The van der Waals surface area contributed by atoms with Crippen molar-refractivity contribution >= 4 is 98.9 Å². The van der Waals surface area contributed by atoms with E-state index in [0.29, 0.717) is 76.5 Å². The van der Waals surface area contributed by atoms with Crippen molar-refractivity contribution in [1.82, 2.24) is 46.7 Å². The Kier molecular flexibility index (Phi) is 25.3. The average molecular weight is 1390 g/mol. The number of Topliss-reactive ketones (excluding diaryl/α,β-unsaturated/α-hetero) is 1. The van der Waals surface area contributed by atoms with Gasteiger partial charge in [0.05, 0.1) is 12.6 Å². The third kappa shape index (κ3) is 18.9. The smallest absolute Gasteiger partial charge is 0.246 e. The van der Waals surface area contributed by atoms with Crippen LogP contribution in [-0.2, 0) is 78.7 Å². The highest BCUT2D eigenvalue weighted by Crippen LogP contribution is 2.35. The zero-order valence-corrected chi connectivity index (χ0v) is 56.2. The molecule has 2 saturated heterocycles. The number of fused-ring (bicyclic) bond motifs is 6. The van der Waals surface area contributed by atoms with Gasteiger partial charge in [0.15, 0.2) is 5.78 Å².